The van der Waals surface area contributed by atoms with Gasteiger partial charge in [-0.05, 0) is 35.4 Å². The molecular formula is C15H13Br2+. The Kier molecular flexibility index (Phi) is 4.69. The van der Waals surface area contributed by atoms with Crippen molar-refractivity contribution in [3.63, 3.8) is 0 Å². The van der Waals surface area contributed by atoms with Gasteiger partial charge >= 0.3 is 0 Å². The maximum absolute atomic E-state index is 3.44. The van der Waals surface area contributed by atoms with Crippen molar-refractivity contribution in [3.8, 4) is 0 Å². The molecule has 2 heteroatoms. The smallest absolute Gasteiger partial charge is 0.0537 e. The number of rotatable bonds is 4. The van der Waals surface area contributed by atoms with Crippen LogP contribution in [0, 0.1) is 6.42 Å². The van der Waals surface area contributed by atoms with Gasteiger partial charge in [0.2, 0.25) is 0 Å². The summed E-state index contributed by atoms with van der Waals surface area (Å²) in [5.74, 6) is 0. The van der Waals surface area contributed by atoms with Crippen LogP contribution in [0.5, 0.6) is 0 Å². The zero-order valence-electron chi connectivity index (χ0n) is 9.37. The Balaban J connectivity index is 1.83. The zero-order valence-corrected chi connectivity index (χ0v) is 12.5. The molecule has 0 bridgehead atoms. The molecule has 2 rings (SSSR count). The first-order valence-electron chi connectivity index (χ1n) is 5.54. The fraction of sp³-hybridized carbons (Fsp3) is 0.133. The molecule has 2 aromatic carbocycles. The first-order valence-corrected chi connectivity index (χ1v) is 7.13. The third kappa shape index (κ3) is 4.21. The molecule has 0 fully saturated rings. The molecule has 0 aliphatic rings. The molecule has 0 unspecified atom stereocenters. The van der Waals surface area contributed by atoms with Gasteiger partial charge < -0.3 is 0 Å². The average Bonchev–Trinajstić information content (AvgIpc) is 2.34. The molecule has 0 atom stereocenters. The molecule has 0 aliphatic heterocycles. The lowest BCUT2D eigenvalue weighted by Gasteiger charge is -1.97. The summed E-state index contributed by atoms with van der Waals surface area (Å²) < 4.78 is 2.27. The third-order valence-corrected chi connectivity index (χ3v) is 3.64. The standard InChI is InChI=1S/C15H13Br2/c16-14-8-4-12(5-9-14)2-1-3-13-6-10-15(17)11-7-13/h1,4-11H,2-3H2/q+1. The topological polar surface area (TPSA) is 0 Å². The van der Waals surface area contributed by atoms with E-state index in [1.165, 1.54) is 11.1 Å². The molecule has 0 N–H and O–H groups in total. The Morgan fingerprint density at radius 3 is 1.35 bits per heavy atom. The highest BCUT2D eigenvalue weighted by atomic mass is 79.9. The van der Waals surface area contributed by atoms with Crippen molar-refractivity contribution in [2.45, 2.75) is 12.8 Å². The number of halogens is 2. The fourth-order valence-corrected chi connectivity index (χ4v) is 2.18. The minimum atomic E-state index is 1.02. The third-order valence-electron chi connectivity index (χ3n) is 2.59. The lowest BCUT2D eigenvalue weighted by atomic mass is 10.0. The van der Waals surface area contributed by atoms with E-state index in [0.29, 0.717) is 0 Å². The molecule has 2 aromatic rings. The minimum Gasteiger partial charge on any atom is -0.0537 e. The van der Waals surface area contributed by atoms with E-state index in [-0.39, 0.29) is 0 Å². The van der Waals surface area contributed by atoms with E-state index in [9.17, 15) is 0 Å². The highest BCUT2D eigenvalue weighted by Gasteiger charge is 2.03. The van der Waals surface area contributed by atoms with Gasteiger partial charge in [0.15, 0.2) is 0 Å². The Morgan fingerprint density at radius 1 is 0.647 bits per heavy atom. The average molecular weight is 353 g/mol. The van der Waals surface area contributed by atoms with Gasteiger partial charge in [0.05, 0.1) is 6.42 Å². The molecule has 0 saturated carbocycles. The van der Waals surface area contributed by atoms with Crippen molar-refractivity contribution in [2.75, 3.05) is 0 Å². The summed E-state index contributed by atoms with van der Waals surface area (Å²) in [5.41, 5.74) is 2.70. The van der Waals surface area contributed by atoms with Gasteiger partial charge in [0.25, 0.3) is 0 Å². The highest BCUT2D eigenvalue weighted by molar-refractivity contribution is 9.10. The molecule has 0 saturated heterocycles. The van der Waals surface area contributed by atoms with E-state index in [2.05, 4.69) is 86.8 Å². The predicted octanol–water partition coefficient (Wildman–Crippen LogP) is 5.20. The van der Waals surface area contributed by atoms with Gasteiger partial charge in [0, 0.05) is 8.95 Å². The summed E-state index contributed by atoms with van der Waals surface area (Å²) in [6.07, 6.45) is 4.35. The molecule has 0 spiro atoms. The summed E-state index contributed by atoms with van der Waals surface area (Å²) in [6, 6.07) is 17.0. The molecule has 86 valence electrons. The van der Waals surface area contributed by atoms with Crippen LogP contribution in [0.15, 0.2) is 57.5 Å². The van der Waals surface area contributed by atoms with Crippen LogP contribution >= 0.6 is 31.9 Å². The molecule has 17 heavy (non-hydrogen) atoms. The van der Waals surface area contributed by atoms with E-state index >= 15 is 0 Å². The minimum absolute atomic E-state index is 1.02. The summed E-state index contributed by atoms with van der Waals surface area (Å²) in [7, 11) is 0. The van der Waals surface area contributed by atoms with Crippen molar-refractivity contribution in [3.05, 3.63) is 75.0 Å². The Bertz CT molecular complexity index is 412. The molecule has 0 nitrogen and oxygen atoms in total. The van der Waals surface area contributed by atoms with Crippen LogP contribution in [0.3, 0.4) is 0 Å². The summed E-state index contributed by atoms with van der Waals surface area (Å²) >= 11 is 6.88. The molecule has 0 radical (unpaired) electrons. The van der Waals surface area contributed by atoms with Crippen LogP contribution < -0.4 is 0 Å². The van der Waals surface area contributed by atoms with Gasteiger partial charge in [-0.15, -0.1) is 0 Å². The van der Waals surface area contributed by atoms with Crippen LogP contribution in [-0.4, -0.2) is 0 Å². The van der Waals surface area contributed by atoms with Crippen LogP contribution in [0.25, 0.3) is 0 Å². The number of benzene rings is 2. The molecule has 0 amide bonds. The fourth-order valence-electron chi connectivity index (χ4n) is 1.65. The Hall–Kier alpha value is -0.730. The first kappa shape index (κ1) is 12.7. The summed E-state index contributed by atoms with van der Waals surface area (Å²) in [5, 5.41) is 0. The summed E-state index contributed by atoms with van der Waals surface area (Å²) in [4.78, 5) is 0. The maximum atomic E-state index is 3.44. The second-order valence-electron chi connectivity index (χ2n) is 3.95. The van der Waals surface area contributed by atoms with Crippen LogP contribution in [0.4, 0.5) is 0 Å². The quantitative estimate of drug-likeness (QED) is 0.663. The van der Waals surface area contributed by atoms with Gasteiger partial charge in [-0.3, -0.25) is 0 Å². The highest BCUT2D eigenvalue weighted by Crippen LogP contribution is 2.14. The normalized spacial score (nSPS) is 10.2. The van der Waals surface area contributed by atoms with Crippen molar-refractivity contribution in [1.29, 1.82) is 0 Å². The van der Waals surface area contributed by atoms with Crippen molar-refractivity contribution < 1.29 is 0 Å². The second kappa shape index (κ2) is 6.27. The molecule has 0 heterocycles. The monoisotopic (exact) mass is 351 g/mol. The van der Waals surface area contributed by atoms with Crippen LogP contribution in [0.1, 0.15) is 11.1 Å². The Labute approximate surface area is 119 Å². The van der Waals surface area contributed by atoms with Gasteiger partial charge in [-0.25, -0.2) is 0 Å². The van der Waals surface area contributed by atoms with Gasteiger partial charge in [-0.1, -0.05) is 56.1 Å². The van der Waals surface area contributed by atoms with Gasteiger partial charge in [-0.2, -0.15) is 0 Å². The summed E-state index contributed by atoms with van der Waals surface area (Å²) in [6.45, 7) is 0. The van der Waals surface area contributed by atoms with E-state index < -0.39 is 0 Å². The Morgan fingerprint density at radius 2 is 1.00 bits per heavy atom. The lowest BCUT2D eigenvalue weighted by molar-refractivity contribution is 1.03. The predicted molar refractivity (Wildman–Crippen MR) is 80.0 cm³/mol. The number of hydrogen-bond donors (Lipinski definition) is 0. The maximum Gasteiger partial charge on any atom is 0.113 e. The van der Waals surface area contributed by atoms with Crippen LogP contribution in [-0.2, 0) is 12.8 Å². The van der Waals surface area contributed by atoms with E-state index in [4.69, 9.17) is 0 Å². The molecule has 0 aromatic heterocycles. The molecular weight excluding hydrogens is 340 g/mol. The first-order chi connectivity index (χ1) is 8.24. The lowest BCUT2D eigenvalue weighted by Crippen LogP contribution is -1.90. The second-order valence-corrected chi connectivity index (χ2v) is 5.78. The SMILES string of the molecule is Brc1ccc(C[CH+]Cc2ccc(Br)cc2)cc1. The van der Waals surface area contributed by atoms with Gasteiger partial charge in [0.1, 0.15) is 12.8 Å². The van der Waals surface area contributed by atoms with E-state index in [1.807, 2.05) is 0 Å². The van der Waals surface area contributed by atoms with Crippen molar-refractivity contribution in [1.82, 2.24) is 0 Å². The van der Waals surface area contributed by atoms with E-state index in [1.54, 1.807) is 0 Å². The zero-order chi connectivity index (χ0) is 12.1. The largest absolute Gasteiger partial charge is 0.113 e. The molecule has 0 aliphatic carbocycles. The van der Waals surface area contributed by atoms with E-state index in [0.717, 1.165) is 21.8 Å². The van der Waals surface area contributed by atoms with Crippen LogP contribution in [0.2, 0.25) is 0 Å². The van der Waals surface area contributed by atoms with Crippen molar-refractivity contribution >= 4 is 31.9 Å². The van der Waals surface area contributed by atoms with Crippen molar-refractivity contribution in [2.24, 2.45) is 0 Å². The number of hydrogen-bond acceptors (Lipinski definition) is 0.